The third-order valence-electron chi connectivity index (χ3n) is 3.05. The van der Waals surface area contributed by atoms with E-state index in [9.17, 15) is 8.78 Å². The minimum absolute atomic E-state index is 0.119. The Hall–Kier alpha value is -2.69. The topological polar surface area (TPSA) is 29.9 Å². The molecule has 0 fully saturated rings. The molecule has 0 atom stereocenters. The molecule has 21 heavy (non-hydrogen) atoms. The SMILES string of the molecule is Cc1cn(-c2cccc(F)c2F)c(Nc2ccccc2)n1. The van der Waals surface area contributed by atoms with Crippen LogP contribution in [0.2, 0.25) is 0 Å². The largest absolute Gasteiger partial charge is 0.325 e. The molecule has 0 spiro atoms. The van der Waals surface area contributed by atoms with Crippen molar-refractivity contribution < 1.29 is 8.78 Å². The molecule has 1 N–H and O–H groups in total. The number of imidazole rings is 1. The standard InChI is InChI=1S/C16H13F2N3/c1-11-10-21(14-9-5-8-13(17)15(14)18)16(19-11)20-12-6-3-2-4-7-12/h2-10H,1H3,(H,19,20). The molecule has 0 amide bonds. The van der Waals surface area contributed by atoms with E-state index in [0.717, 1.165) is 11.8 Å². The van der Waals surface area contributed by atoms with Gasteiger partial charge in [0.2, 0.25) is 5.95 Å². The summed E-state index contributed by atoms with van der Waals surface area (Å²) in [4.78, 5) is 4.32. The zero-order valence-electron chi connectivity index (χ0n) is 11.3. The van der Waals surface area contributed by atoms with Crippen LogP contribution in [0.4, 0.5) is 20.4 Å². The van der Waals surface area contributed by atoms with Gasteiger partial charge < -0.3 is 5.32 Å². The maximum absolute atomic E-state index is 14.0. The molecule has 0 aliphatic carbocycles. The molecule has 1 heterocycles. The highest BCUT2D eigenvalue weighted by molar-refractivity contribution is 5.56. The van der Waals surface area contributed by atoms with Gasteiger partial charge in [-0.3, -0.25) is 4.57 Å². The van der Waals surface area contributed by atoms with Gasteiger partial charge in [0.1, 0.15) is 0 Å². The summed E-state index contributed by atoms with van der Waals surface area (Å²) >= 11 is 0. The predicted octanol–water partition coefficient (Wildman–Crippen LogP) is 4.20. The summed E-state index contributed by atoms with van der Waals surface area (Å²) in [6.07, 6.45) is 1.66. The minimum Gasteiger partial charge on any atom is -0.325 e. The fraction of sp³-hybridized carbons (Fsp3) is 0.0625. The van der Waals surface area contributed by atoms with Crippen LogP contribution in [0.25, 0.3) is 5.69 Å². The van der Waals surface area contributed by atoms with Gasteiger partial charge in [0, 0.05) is 11.9 Å². The monoisotopic (exact) mass is 285 g/mol. The zero-order valence-corrected chi connectivity index (χ0v) is 11.3. The number of aryl methyl sites for hydroxylation is 1. The van der Waals surface area contributed by atoms with E-state index in [0.29, 0.717) is 11.6 Å². The van der Waals surface area contributed by atoms with Crippen molar-refractivity contribution in [2.45, 2.75) is 6.92 Å². The van der Waals surface area contributed by atoms with Crippen molar-refractivity contribution in [2.24, 2.45) is 0 Å². The maximum atomic E-state index is 14.0. The predicted molar refractivity (Wildman–Crippen MR) is 77.9 cm³/mol. The highest BCUT2D eigenvalue weighted by Gasteiger charge is 2.14. The first-order valence-corrected chi connectivity index (χ1v) is 6.47. The first-order valence-electron chi connectivity index (χ1n) is 6.47. The Morgan fingerprint density at radius 2 is 1.76 bits per heavy atom. The number of benzene rings is 2. The number of anilines is 2. The molecule has 0 unspecified atom stereocenters. The Morgan fingerprint density at radius 3 is 2.52 bits per heavy atom. The van der Waals surface area contributed by atoms with Gasteiger partial charge in [0.05, 0.1) is 11.4 Å². The van der Waals surface area contributed by atoms with Crippen molar-refractivity contribution in [1.82, 2.24) is 9.55 Å². The maximum Gasteiger partial charge on any atom is 0.212 e. The smallest absolute Gasteiger partial charge is 0.212 e. The molecular formula is C16H13F2N3. The summed E-state index contributed by atoms with van der Waals surface area (Å²) in [6, 6.07) is 13.5. The van der Waals surface area contributed by atoms with Crippen molar-refractivity contribution in [2.75, 3.05) is 5.32 Å². The molecule has 0 bridgehead atoms. The summed E-state index contributed by atoms with van der Waals surface area (Å²) in [5.41, 5.74) is 1.65. The van der Waals surface area contributed by atoms with E-state index in [2.05, 4.69) is 10.3 Å². The normalized spacial score (nSPS) is 10.6. The fourth-order valence-electron chi connectivity index (χ4n) is 2.10. The van der Waals surface area contributed by atoms with Crippen LogP contribution in [-0.2, 0) is 0 Å². The van der Waals surface area contributed by atoms with E-state index in [1.54, 1.807) is 13.1 Å². The van der Waals surface area contributed by atoms with Gasteiger partial charge in [0.25, 0.3) is 0 Å². The first-order chi connectivity index (χ1) is 10.1. The molecule has 1 aromatic heterocycles. The number of hydrogen-bond acceptors (Lipinski definition) is 2. The number of rotatable bonds is 3. The number of nitrogens with one attached hydrogen (secondary N) is 1. The molecule has 5 heteroatoms. The van der Waals surface area contributed by atoms with Crippen LogP contribution < -0.4 is 5.32 Å². The number of para-hydroxylation sites is 1. The molecule has 106 valence electrons. The Morgan fingerprint density at radius 1 is 1.00 bits per heavy atom. The molecule has 3 rings (SSSR count). The van der Waals surface area contributed by atoms with Crippen molar-refractivity contribution in [3.8, 4) is 5.69 Å². The lowest BCUT2D eigenvalue weighted by Crippen LogP contribution is -2.04. The second-order valence-corrected chi connectivity index (χ2v) is 4.64. The molecule has 3 nitrogen and oxygen atoms in total. The number of aromatic nitrogens is 2. The molecular weight excluding hydrogens is 272 g/mol. The van der Waals surface area contributed by atoms with E-state index < -0.39 is 11.6 Å². The summed E-state index contributed by atoms with van der Waals surface area (Å²) in [5.74, 6) is -1.35. The Bertz CT molecular complexity index is 766. The van der Waals surface area contributed by atoms with Crippen LogP contribution in [0, 0.1) is 18.6 Å². The Balaban J connectivity index is 2.06. The summed E-state index contributed by atoms with van der Waals surface area (Å²) in [7, 11) is 0. The van der Waals surface area contributed by atoms with Gasteiger partial charge in [-0.15, -0.1) is 0 Å². The van der Waals surface area contributed by atoms with E-state index in [-0.39, 0.29) is 5.69 Å². The molecule has 2 aromatic carbocycles. The average molecular weight is 285 g/mol. The van der Waals surface area contributed by atoms with Gasteiger partial charge in [0.15, 0.2) is 11.6 Å². The zero-order chi connectivity index (χ0) is 14.8. The number of nitrogens with zero attached hydrogens (tertiary/aromatic N) is 2. The van der Waals surface area contributed by atoms with Crippen LogP contribution in [0.5, 0.6) is 0 Å². The van der Waals surface area contributed by atoms with Crippen molar-refractivity contribution >= 4 is 11.6 Å². The number of hydrogen-bond donors (Lipinski definition) is 1. The second-order valence-electron chi connectivity index (χ2n) is 4.64. The molecule has 0 aliphatic rings. The lowest BCUT2D eigenvalue weighted by molar-refractivity contribution is 0.504. The van der Waals surface area contributed by atoms with Crippen LogP contribution in [0.1, 0.15) is 5.69 Å². The van der Waals surface area contributed by atoms with Crippen LogP contribution in [0.15, 0.2) is 54.7 Å². The third-order valence-corrected chi connectivity index (χ3v) is 3.05. The molecule has 0 aliphatic heterocycles. The summed E-state index contributed by atoms with van der Waals surface area (Å²) in [5, 5.41) is 3.10. The van der Waals surface area contributed by atoms with Gasteiger partial charge >= 0.3 is 0 Å². The van der Waals surface area contributed by atoms with E-state index in [1.165, 1.54) is 16.7 Å². The second kappa shape index (κ2) is 5.36. The molecule has 3 aromatic rings. The van der Waals surface area contributed by atoms with E-state index in [1.807, 2.05) is 30.3 Å². The van der Waals surface area contributed by atoms with Gasteiger partial charge in [-0.25, -0.2) is 13.8 Å². The minimum atomic E-state index is -0.897. The van der Waals surface area contributed by atoms with E-state index >= 15 is 0 Å². The Labute approximate surface area is 120 Å². The van der Waals surface area contributed by atoms with Crippen LogP contribution in [-0.4, -0.2) is 9.55 Å². The average Bonchev–Trinajstić information content (AvgIpc) is 2.83. The number of halogens is 2. The lowest BCUT2D eigenvalue weighted by atomic mass is 10.3. The first kappa shape index (κ1) is 13.3. The van der Waals surface area contributed by atoms with E-state index in [4.69, 9.17) is 0 Å². The van der Waals surface area contributed by atoms with Crippen molar-refractivity contribution in [3.63, 3.8) is 0 Å². The van der Waals surface area contributed by atoms with Crippen molar-refractivity contribution in [1.29, 1.82) is 0 Å². The molecule has 0 radical (unpaired) electrons. The van der Waals surface area contributed by atoms with Crippen LogP contribution >= 0.6 is 0 Å². The molecule has 0 saturated carbocycles. The van der Waals surface area contributed by atoms with Crippen molar-refractivity contribution in [3.05, 3.63) is 72.1 Å². The highest BCUT2D eigenvalue weighted by atomic mass is 19.2. The highest BCUT2D eigenvalue weighted by Crippen LogP contribution is 2.23. The summed E-state index contributed by atoms with van der Waals surface area (Å²) < 4.78 is 28.9. The fourth-order valence-corrected chi connectivity index (χ4v) is 2.10. The van der Waals surface area contributed by atoms with Gasteiger partial charge in [-0.05, 0) is 31.2 Å². The Kier molecular flexibility index (Phi) is 3.39. The van der Waals surface area contributed by atoms with Crippen LogP contribution in [0.3, 0.4) is 0 Å². The third kappa shape index (κ3) is 2.63. The molecule has 0 saturated heterocycles. The quantitative estimate of drug-likeness (QED) is 0.781. The van der Waals surface area contributed by atoms with Gasteiger partial charge in [-0.1, -0.05) is 24.3 Å². The summed E-state index contributed by atoms with van der Waals surface area (Å²) in [6.45, 7) is 1.80. The van der Waals surface area contributed by atoms with Gasteiger partial charge in [-0.2, -0.15) is 0 Å². The lowest BCUT2D eigenvalue weighted by Gasteiger charge is -2.10.